The summed E-state index contributed by atoms with van der Waals surface area (Å²) in [5.41, 5.74) is 0.965. The largest absolute Gasteiger partial charge is 0.478 e. The topological polar surface area (TPSA) is 65.9 Å². The minimum Gasteiger partial charge on any atom is -0.478 e. The molecule has 3 rings (SSSR count). The lowest BCUT2D eigenvalue weighted by Gasteiger charge is -2.35. The molecule has 2 aliphatic rings. The van der Waals surface area contributed by atoms with Gasteiger partial charge in [-0.05, 0) is 25.0 Å². The highest BCUT2D eigenvalue weighted by atomic mass is 16.5. The molecule has 0 bridgehead atoms. The van der Waals surface area contributed by atoms with Gasteiger partial charge in [-0.3, -0.25) is 14.8 Å². The summed E-state index contributed by atoms with van der Waals surface area (Å²) >= 11 is 0. The lowest BCUT2D eigenvalue weighted by molar-refractivity contribution is 0.0484. The van der Waals surface area contributed by atoms with Crippen LogP contribution < -0.4 is 0 Å². The van der Waals surface area contributed by atoms with Gasteiger partial charge in [-0.1, -0.05) is 0 Å². The van der Waals surface area contributed by atoms with Crippen molar-refractivity contribution in [1.82, 2.24) is 14.8 Å². The summed E-state index contributed by atoms with van der Waals surface area (Å²) in [6, 6.07) is 3.30. The number of aromatic nitrogens is 1. The lowest BCUT2D eigenvalue weighted by Crippen LogP contribution is -2.48. The molecule has 3 heterocycles. The number of nitrogens with zero attached hydrogens (tertiary/aromatic N) is 3. The second-order valence-electron chi connectivity index (χ2n) is 6.01. The van der Waals surface area contributed by atoms with Crippen molar-refractivity contribution in [3.05, 3.63) is 29.6 Å². The number of piperazine rings is 1. The number of pyridine rings is 1. The van der Waals surface area contributed by atoms with Crippen LogP contribution in [0.3, 0.4) is 0 Å². The van der Waals surface area contributed by atoms with Crippen molar-refractivity contribution in [1.29, 1.82) is 0 Å². The molecule has 2 fully saturated rings. The Morgan fingerprint density at radius 1 is 1.32 bits per heavy atom. The van der Waals surface area contributed by atoms with E-state index in [9.17, 15) is 9.90 Å². The molecule has 2 saturated heterocycles. The highest BCUT2D eigenvalue weighted by molar-refractivity contribution is 5.88. The van der Waals surface area contributed by atoms with Gasteiger partial charge in [0, 0.05) is 52.1 Å². The molecule has 0 radical (unpaired) electrons. The number of carboxylic acids is 1. The summed E-state index contributed by atoms with van der Waals surface area (Å²) in [6.07, 6.45) is 4.43. The highest BCUT2D eigenvalue weighted by Gasteiger charge is 2.23. The van der Waals surface area contributed by atoms with E-state index in [0.717, 1.165) is 39.3 Å². The molecule has 0 spiro atoms. The number of carboxylic acid groups (broad SMARTS) is 1. The van der Waals surface area contributed by atoms with Gasteiger partial charge < -0.3 is 9.84 Å². The Balaban J connectivity index is 1.50. The van der Waals surface area contributed by atoms with E-state index in [1.807, 2.05) is 0 Å². The van der Waals surface area contributed by atoms with Crippen molar-refractivity contribution in [2.45, 2.75) is 25.5 Å². The van der Waals surface area contributed by atoms with E-state index in [0.29, 0.717) is 23.9 Å². The van der Waals surface area contributed by atoms with Gasteiger partial charge in [0.15, 0.2) is 0 Å². The van der Waals surface area contributed by atoms with Gasteiger partial charge in [-0.25, -0.2) is 4.79 Å². The summed E-state index contributed by atoms with van der Waals surface area (Å²) in [4.78, 5) is 20.2. The molecule has 1 N–H and O–H groups in total. The summed E-state index contributed by atoms with van der Waals surface area (Å²) < 4.78 is 5.69. The Morgan fingerprint density at radius 3 is 2.77 bits per heavy atom. The third-order valence-electron chi connectivity index (χ3n) is 4.44. The van der Waals surface area contributed by atoms with E-state index in [-0.39, 0.29) is 0 Å². The van der Waals surface area contributed by atoms with Crippen LogP contribution in [0.15, 0.2) is 18.3 Å². The van der Waals surface area contributed by atoms with Crippen molar-refractivity contribution < 1.29 is 14.6 Å². The van der Waals surface area contributed by atoms with Crippen LogP contribution in [-0.4, -0.2) is 71.3 Å². The summed E-state index contributed by atoms with van der Waals surface area (Å²) in [6.45, 7) is 6.45. The van der Waals surface area contributed by atoms with E-state index in [1.54, 1.807) is 18.3 Å². The maximum absolute atomic E-state index is 11.2. The van der Waals surface area contributed by atoms with Gasteiger partial charge in [0.25, 0.3) is 0 Å². The Morgan fingerprint density at radius 2 is 2.09 bits per heavy atom. The fourth-order valence-electron chi connectivity index (χ4n) is 3.18. The summed E-state index contributed by atoms with van der Waals surface area (Å²) in [5, 5.41) is 9.22. The van der Waals surface area contributed by atoms with Gasteiger partial charge in [0.2, 0.25) is 0 Å². The first-order valence-corrected chi connectivity index (χ1v) is 7.96. The van der Waals surface area contributed by atoms with Crippen LogP contribution in [0.25, 0.3) is 0 Å². The predicted octanol–water partition coefficient (Wildman–Crippen LogP) is 1.08. The first-order valence-electron chi connectivity index (χ1n) is 7.96. The van der Waals surface area contributed by atoms with Gasteiger partial charge in [0.05, 0.1) is 17.4 Å². The van der Waals surface area contributed by atoms with E-state index in [1.165, 1.54) is 12.8 Å². The van der Waals surface area contributed by atoms with Crippen molar-refractivity contribution in [2.24, 2.45) is 0 Å². The van der Waals surface area contributed by atoms with Gasteiger partial charge in [-0.15, -0.1) is 0 Å². The summed E-state index contributed by atoms with van der Waals surface area (Å²) in [7, 11) is 0. The highest BCUT2D eigenvalue weighted by Crippen LogP contribution is 2.15. The molecule has 0 aliphatic carbocycles. The van der Waals surface area contributed by atoms with Gasteiger partial charge in [-0.2, -0.15) is 0 Å². The molecule has 22 heavy (non-hydrogen) atoms. The van der Waals surface area contributed by atoms with Crippen molar-refractivity contribution in [3.63, 3.8) is 0 Å². The maximum atomic E-state index is 11.2. The van der Waals surface area contributed by atoms with E-state index >= 15 is 0 Å². The zero-order valence-electron chi connectivity index (χ0n) is 12.8. The molecule has 1 atom stereocenters. The number of hydrogen-bond acceptors (Lipinski definition) is 5. The molecule has 0 saturated carbocycles. The number of aromatic carboxylic acids is 1. The second kappa shape index (κ2) is 7.17. The molecule has 0 aromatic carbocycles. The van der Waals surface area contributed by atoms with Crippen LogP contribution in [-0.2, 0) is 11.3 Å². The van der Waals surface area contributed by atoms with Crippen molar-refractivity contribution in [3.8, 4) is 0 Å². The Labute approximate surface area is 130 Å². The number of rotatable bonds is 5. The second-order valence-corrected chi connectivity index (χ2v) is 6.01. The van der Waals surface area contributed by atoms with E-state index in [4.69, 9.17) is 4.74 Å². The zero-order valence-corrected chi connectivity index (χ0v) is 12.8. The smallest absolute Gasteiger partial charge is 0.337 e. The van der Waals surface area contributed by atoms with Crippen LogP contribution >= 0.6 is 0 Å². The average Bonchev–Trinajstić information content (AvgIpc) is 3.02. The van der Waals surface area contributed by atoms with Crippen LogP contribution in [0.5, 0.6) is 0 Å². The number of hydrogen-bond donors (Lipinski definition) is 1. The summed E-state index contributed by atoms with van der Waals surface area (Å²) in [5.74, 6) is -0.903. The molecule has 1 aromatic rings. The van der Waals surface area contributed by atoms with Crippen LogP contribution in [0.2, 0.25) is 0 Å². The number of ether oxygens (including phenoxy) is 1. The molecule has 0 unspecified atom stereocenters. The fourth-order valence-corrected chi connectivity index (χ4v) is 3.18. The third-order valence-corrected chi connectivity index (χ3v) is 4.44. The molecule has 1 aromatic heterocycles. The molecule has 6 heteroatoms. The lowest BCUT2D eigenvalue weighted by atomic mass is 10.1. The minimum atomic E-state index is -0.903. The molecule has 0 amide bonds. The average molecular weight is 305 g/mol. The standard InChI is InChI=1S/C16H23N3O3/c20-16(21)14-4-1-5-17-15(14)12-19-8-6-18(7-9-19)11-13-3-2-10-22-13/h1,4-5,13H,2-3,6-12H2,(H,20,21)/t13-/m0/s1. The quantitative estimate of drug-likeness (QED) is 0.878. The molecule has 6 nitrogen and oxygen atoms in total. The molecular weight excluding hydrogens is 282 g/mol. The molecule has 120 valence electrons. The molecular formula is C16H23N3O3. The van der Waals surface area contributed by atoms with Crippen LogP contribution in [0.4, 0.5) is 0 Å². The predicted molar refractivity (Wildman–Crippen MR) is 81.9 cm³/mol. The van der Waals surface area contributed by atoms with E-state index < -0.39 is 5.97 Å². The number of carbonyl (C=O) groups is 1. The van der Waals surface area contributed by atoms with Crippen LogP contribution in [0.1, 0.15) is 28.9 Å². The SMILES string of the molecule is O=C(O)c1cccnc1CN1CCN(C[C@@H]2CCCO2)CC1. The minimum absolute atomic E-state index is 0.310. The maximum Gasteiger partial charge on any atom is 0.337 e. The fraction of sp³-hybridized carbons (Fsp3) is 0.625. The Bertz CT molecular complexity index is 509. The Hall–Kier alpha value is -1.50. The normalized spacial score (nSPS) is 23.7. The monoisotopic (exact) mass is 305 g/mol. The van der Waals surface area contributed by atoms with Crippen molar-refractivity contribution in [2.75, 3.05) is 39.3 Å². The first kappa shape index (κ1) is 15.4. The zero-order chi connectivity index (χ0) is 15.4. The van der Waals surface area contributed by atoms with E-state index in [2.05, 4.69) is 14.8 Å². The third kappa shape index (κ3) is 3.82. The first-order chi connectivity index (χ1) is 10.7. The van der Waals surface area contributed by atoms with Crippen molar-refractivity contribution >= 4 is 5.97 Å². The van der Waals surface area contributed by atoms with Gasteiger partial charge >= 0.3 is 5.97 Å². The Kier molecular flexibility index (Phi) is 5.02. The van der Waals surface area contributed by atoms with Crippen LogP contribution in [0, 0.1) is 0 Å². The van der Waals surface area contributed by atoms with Gasteiger partial charge in [0.1, 0.15) is 0 Å². The molecule has 2 aliphatic heterocycles.